The van der Waals surface area contributed by atoms with Gasteiger partial charge in [0.05, 0.1) is 27.2 Å². The van der Waals surface area contributed by atoms with E-state index in [1.807, 2.05) is 59.0 Å². The molecule has 0 fully saturated rings. The maximum atomic E-state index is 13.2. The van der Waals surface area contributed by atoms with Crippen molar-refractivity contribution in [1.29, 1.82) is 0 Å². The molecule has 7 aromatic rings. The number of para-hydroxylation sites is 1. The largest absolute Gasteiger partial charge is 0.421 e. The number of halogens is 2. The van der Waals surface area contributed by atoms with Crippen molar-refractivity contribution in [2.75, 3.05) is 0 Å². The van der Waals surface area contributed by atoms with E-state index in [4.69, 9.17) is 14.4 Å². The molecular weight excluding hydrogens is 570 g/mol. The van der Waals surface area contributed by atoms with Crippen LogP contribution in [0, 0.1) is 0 Å². The lowest BCUT2D eigenvalue weighted by Gasteiger charge is -2.09. The molecule has 0 bridgehead atoms. The van der Waals surface area contributed by atoms with Crippen molar-refractivity contribution < 1.29 is 4.42 Å². The molecule has 10 heteroatoms. The lowest BCUT2D eigenvalue weighted by molar-refractivity contribution is 0.560. The molecule has 0 spiro atoms. The molecule has 0 aliphatic carbocycles. The van der Waals surface area contributed by atoms with Crippen LogP contribution in [0.4, 0.5) is 0 Å². The van der Waals surface area contributed by atoms with Gasteiger partial charge in [-0.25, -0.2) is 14.8 Å². The summed E-state index contributed by atoms with van der Waals surface area (Å²) in [6.07, 6.45) is 0. The third kappa shape index (κ3) is 2.68. The summed E-state index contributed by atoms with van der Waals surface area (Å²) < 4.78 is 17.9. The molecule has 158 valence electrons. The zero-order valence-electron chi connectivity index (χ0n) is 16.4. The van der Waals surface area contributed by atoms with Crippen molar-refractivity contribution in [2.24, 2.45) is 0 Å². The Hall–Kier alpha value is -3.21. The Morgan fingerprint density at radius 1 is 0.909 bits per heavy atom. The number of hydrogen-bond donors (Lipinski definition) is 0. The number of rotatable bonds is 1. The van der Waals surface area contributed by atoms with E-state index >= 15 is 0 Å². The van der Waals surface area contributed by atoms with Gasteiger partial charge in [0.2, 0.25) is 0 Å². The van der Waals surface area contributed by atoms with Crippen LogP contribution in [-0.4, -0.2) is 23.1 Å². The fourth-order valence-corrected chi connectivity index (χ4v) is 5.46. The minimum atomic E-state index is -0.483. The first kappa shape index (κ1) is 19.3. The predicted molar refractivity (Wildman–Crippen MR) is 136 cm³/mol. The Labute approximate surface area is 205 Å². The van der Waals surface area contributed by atoms with Crippen LogP contribution >= 0.6 is 43.6 Å². The molecular formula is C23H9Br2N5O2S. The third-order valence-electron chi connectivity index (χ3n) is 5.67. The van der Waals surface area contributed by atoms with E-state index < -0.39 is 5.63 Å². The highest BCUT2D eigenvalue weighted by Gasteiger charge is 2.21. The number of aromatic nitrogens is 5. The minimum absolute atomic E-state index is 0.350. The van der Waals surface area contributed by atoms with E-state index in [9.17, 15) is 4.79 Å². The van der Waals surface area contributed by atoms with E-state index in [1.54, 1.807) is 0 Å². The van der Waals surface area contributed by atoms with Gasteiger partial charge in [0.1, 0.15) is 27.8 Å². The smallest absolute Gasteiger partial charge is 0.347 e. The van der Waals surface area contributed by atoms with Gasteiger partial charge in [-0.3, -0.25) is 4.40 Å². The van der Waals surface area contributed by atoms with Crippen LogP contribution < -0.4 is 5.63 Å². The van der Waals surface area contributed by atoms with Gasteiger partial charge in [-0.05, 0) is 68.3 Å². The van der Waals surface area contributed by atoms with E-state index in [0.29, 0.717) is 27.1 Å². The molecule has 0 aliphatic rings. The van der Waals surface area contributed by atoms with Gasteiger partial charge in [-0.2, -0.15) is 8.75 Å². The van der Waals surface area contributed by atoms with Crippen LogP contribution in [0.15, 0.2) is 72.8 Å². The SMILES string of the molecule is O=c1oc2c(Br)c(Br)ccc2cc1-c1nc2ccccc2c2nc3c4nsnc4ccc3n12. The second kappa shape index (κ2) is 6.89. The van der Waals surface area contributed by atoms with E-state index in [2.05, 4.69) is 40.6 Å². The van der Waals surface area contributed by atoms with Crippen molar-refractivity contribution >= 4 is 93.2 Å². The number of benzene rings is 3. The molecule has 0 radical (unpaired) electrons. The second-order valence-electron chi connectivity index (χ2n) is 7.52. The van der Waals surface area contributed by atoms with Crippen LogP contribution in [0.1, 0.15) is 0 Å². The van der Waals surface area contributed by atoms with Crippen molar-refractivity contribution in [3.8, 4) is 11.4 Å². The van der Waals surface area contributed by atoms with E-state index in [0.717, 1.165) is 54.6 Å². The number of nitrogens with zero attached hydrogens (tertiary/aromatic N) is 5. The zero-order valence-corrected chi connectivity index (χ0v) is 20.4. The molecule has 0 unspecified atom stereocenters. The summed E-state index contributed by atoms with van der Waals surface area (Å²) in [4.78, 5) is 23.0. The average Bonchev–Trinajstić information content (AvgIpc) is 3.46. The third-order valence-corrected chi connectivity index (χ3v) is 8.19. The van der Waals surface area contributed by atoms with Crippen molar-refractivity contribution in [3.05, 3.63) is 74.0 Å². The fourth-order valence-electron chi connectivity index (χ4n) is 4.17. The van der Waals surface area contributed by atoms with Crippen molar-refractivity contribution in [3.63, 3.8) is 0 Å². The first-order valence-corrected chi connectivity index (χ1v) is 12.2. The van der Waals surface area contributed by atoms with E-state index in [-0.39, 0.29) is 0 Å². The van der Waals surface area contributed by atoms with Gasteiger partial charge in [0.25, 0.3) is 0 Å². The van der Waals surface area contributed by atoms with Crippen molar-refractivity contribution in [1.82, 2.24) is 23.1 Å². The van der Waals surface area contributed by atoms with Gasteiger partial charge in [0, 0.05) is 15.2 Å². The molecule has 0 N–H and O–H groups in total. The zero-order chi connectivity index (χ0) is 22.3. The highest BCUT2D eigenvalue weighted by Crippen LogP contribution is 2.34. The van der Waals surface area contributed by atoms with Gasteiger partial charge in [-0.1, -0.05) is 18.2 Å². The standard InChI is InChI=1S/C23H9Br2N5O2S/c24-13-6-5-10-9-12(23(31)32-20(10)17(13)25)22-26-14-4-2-1-3-11(14)21-27-19-16(30(21)22)8-7-15-18(19)29-33-28-15/h1-9H. The first-order chi connectivity index (χ1) is 16.1. The Kier molecular flexibility index (Phi) is 4.03. The summed E-state index contributed by atoms with van der Waals surface area (Å²) in [7, 11) is 0. The first-order valence-electron chi connectivity index (χ1n) is 9.84. The quantitative estimate of drug-likeness (QED) is 0.211. The van der Waals surface area contributed by atoms with Gasteiger partial charge < -0.3 is 4.42 Å². The molecule has 0 amide bonds. The molecule has 0 atom stereocenters. The monoisotopic (exact) mass is 577 g/mol. The summed E-state index contributed by atoms with van der Waals surface area (Å²) in [5.41, 5.74) is 4.81. The highest BCUT2D eigenvalue weighted by atomic mass is 79.9. The summed E-state index contributed by atoms with van der Waals surface area (Å²) in [5, 5.41) is 1.66. The summed E-state index contributed by atoms with van der Waals surface area (Å²) in [5.74, 6) is 0.462. The van der Waals surface area contributed by atoms with Gasteiger partial charge in [0.15, 0.2) is 11.4 Å². The Morgan fingerprint density at radius 3 is 2.70 bits per heavy atom. The Balaban J connectivity index is 1.69. The molecule has 4 aromatic heterocycles. The van der Waals surface area contributed by atoms with Crippen LogP contribution in [0.5, 0.6) is 0 Å². The summed E-state index contributed by atoms with van der Waals surface area (Å²) in [6.45, 7) is 0. The van der Waals surface area contributed by atoms with Crippen LogP contribution in [0.2, 0.25) is 0 Å². The lowest BCUT2D eigenvalue weighted by atomic mass is 10.1. The Bertz CT molecular complexity index is 1990. The summed E-state index contributed by atoms with van der Waals surface area (Å²) in [6, 6.07) is 17.2. The molecule has 3 aromatic carbocycles. The van der Waals surface area contributed by atoms with Gasteiger partial charge in [-0.15, -0.1) is 0 Å². The average molecular weight is 579 g/mol. The Morgan fingerprint density at radius 2 is 1.79 bits per heavy atom. The normalized spacial score (nSPS) is 12.1. The highest BCUT2D eigenvalue weighted by molar-refractivity contribution is 9.13. The molecule has 33 heavy (non-hydrogen) atoms. The fraction of sp³-hybridized carbons (Fsp3) is 0. The molecule has 0 aliphatic heterocycles. The molecule has 0 saturated heterocycles. The van der Waals surface area contributed by atoms with E-state index in [1.165, 1.54) is 0 Å². The predicted octanol–water partition coefficient (Wildman–Crippen LogP) is 6.34. The van der Waals surface area contributed by atoms with Crippen LogP contribution in [0.25, 0.3) is 61.0 Å². The maximum absolute atomic E-state index is 13.2. The minimum Gasteiger partial charge on any atom is -0.421 e. The number of hydrogen-bond acceptors (Lipinski definition) is 7. The molecule has 0 saturated carbocycles. The molecule has 7 rings (SSSR count). The lowest BCUT2D eigenvalue weighted by Crippen LogP contribution is -2.08. The number of fused-ring (bicyclic) bond motifs is 8. The summed E-state index contributed by atoms with van der Waals surface area (Å²) >= 11 is 8.10. The van der Waals surface area contributed by atoms with Crippen LogP contribution in [-0.2, 0) is 0 Å². The number of imidazole rings is 1. The van der Waals surface area contributed by atoms with Gasteiger partial charge >= 0.3 is 5.63 Å². The second-order valence-corrected chi connectivity index (χ2v) is 9.69. The maximum Gasteiger partial charge on any atom is 0.347 e. The topological polar surface area (TPSA) is 86.2 Å². The molecule has 7 nitrogen and oxygen atoms in total. The van der Waals surface area contributed by atoms with Crippen molar-refractivity contribution in [2.45, 2.75) is 0 Å². The van der Waals surface area contributed by atoms with Crippen LogP contribution in [0.3, 0.4) is 0 Å². The molecule has 4 heterocycles.